The van der Waals surface area contributed by atoms with Gasteiger partial charge in [-0.2, -0.15) is 0 Å². The van der Waals surface area contributed by atoms with Crippen LogP contribution in [0.5, 0.6) is 0 Å². The highest BCUT2D eigenvalue weighted by molar-refractivity contribution is 7.21. The summed E-state index contributed by atoms with van der Waals surface area (Å²) >= 11 is 1.35. The lowest BCUT2D eigenvalue weighted by molar-refractivity contribution is 0.0956. The molecule has 3 aromatic rings. The third kappa shape index (κ3) is 3.81. The molecule has 0 spiro atoms. The number of anilines is 1. The van der Waals surface area contributed by atoms with Crippen LogP contribution in [0.3, 0.4) is 0 Å². The van der Waals surface area contributed by atoms with Gasteiger partial charge in [0.15, 0.2) is 0 Å². The summed E-state index contributed by atoms with van der Waals surface area (Å²) in [4.78, 5) is 18.8. The monoisotopic (exact) mass is 383 g/mol. The smallest absolute Gasteiger partial charge is 0.263 e. The molecular formula is C21H22FN3OS. The van der Waals surface area contributed by atoms with E-state index in [2.05, 4.69) is 11.4 Å². The number of hydrogen-bond donors (Lipinski definition) is 2. The molecule has 0 fully saturated rings. The lowest BCUT2D eigenvalue weighted by Crippen LogP contribution is -2.22. The zero-order valence-electron chi connectivity index (χ0n) is 15.1. The number of rotatable bonds is 3. The van der Waals surface area contributed by atoms with Crippen molar-refractivity contribution >= 4 is 33.1 Å². The Morgan fingerprint density at radius 2 is 1.89 bits per heavy atom. The van der Waals surface area contributed by atoms with Gasteiger partial charge in [0.2, 0.25) is 0 Å². The quantitative estimate of drug-likeness (QED) is 0.694. The van der Waals surface area contributed by atoms with Crippen LogP contribution >= 0.6 is 11.3 Å². The molecule has 6 heteroatoms. The molecule has 1 aliphatic carbocycles. The number of aryl methyl sites for hydroxylation is 2. The van der Waals surface area contributed by atoms with Crippen LogP contribution in [-0.2, 0) is 19.4 Å². The highest BCUT2D eigenvalue weighted by Crippen LogP contribution is 2.35. The first kappa shape index (κ1) is 17.9. The summed E-state index contributed by atoms with van der Waals surface area (Å²) in [5, 5.41) is 3.75. The molecule has 2 aromatic heterocycles. The number of hydrogen-bond acceptors (Lipinski definition) is 4. The van der Waals surface area contributed by atoms with Crippen LogP contribution in [0.2, 0.25) is 0 Å². The number of carbonyl (C=O) groups excluding carboxylic acids is 1. The molecule has 1 aromatic carbocycles. The van der Waals surface area contributed by atoms with Crippen LogP contribution in [0, 0.1) is 5.82 Å². The van der Waals surface area contributed by atoms with E-state index >= 15 is 0 Å². The van der Waals surface area contributed by atoms with Gasteiger partial charge in [-0.1, -0.05) is 25.0 Å². The highest BCUT2D eigenvalue weighted by atomic mass is 32.1. The number of pyridine rings is 1. The van der Waals surface area contributed by atoms with Crippen molar-refractivity contribution in [3.63, 3.8) is 0 Å². The number of carbonyl (C=O) groups is 1. The van der Waals surface area contributed by atoms with Crippen LogP contribution in [0.1, 0.15) is 52.2 Å². The minimum Gasteiger partial charge on any atom is -0.397 e. The number of benzene rings is 1. The predicted octanol–water partition coefficient (Wildman–Crippen LogP) is 4.61. The van der Waals surface area contributed by atoms with E-state index in [-0.39, 0.29) is 11.7 Å². The fourth-order valence-corrected chi connectivity index (χ4v) is 4.56. The fourth-order valence-electron chi connectivity index (χ4n) is 3.55. The van der Waals surface area contributed by atoms with E-state index in [0.29, 0.717) is 17.1 Å². The van der Waals surface area contributed by atoms with Crippen molar-refractivity contribution in [2.45, 2.75) is 45.1 Å². The Kier molecular flexibility index (Phi) is 5.07. The number of amides is 1. The van der Waals surface area contributed by atoms with Gasteiger partial charge in [-0.25, -0.2) is 9.37 Å². The van der Waals surface area contributed by atoms with Crippen LogP contribution < -0.4 is 11.1 Å². The Bertz CT molecular complexity index is 981. The topological polar surface area (TPSA) is 68.0 Å². The molecule has 1 amide bonds. The molecule has 0 radical (unpaired) electrons. The number of fused-ring (bicyclic) bond motifs is 2. The van der Waals surface area contributed by atoms with Crippen LogP contribution in [0.25, 0.3) is 10.2 Å². The van der Waals surface area contributed by atoms with Crippen molar-refractivity contribution < 1.29 is 9.18 Å². The standard InChI is InChI=1S/C21H22FN3OS/c22-15-9-7-13(8-10-15)12-24-20(26)19-18(23)16-11-14-5-3-1-2-4-6-17(14)25-21(16)27-19/h7-11H,1-6,12,23H2,(H,24,26). The minimum atomic E-state index is -0.291. The molecule has 4 rings (SSSR count). The second-order valence-electron chi connectivity index (χ2n) is 7.02. The highest BCUT2D eigenvalue weighted by Gasteiger charge is 2.19. The van der Waals surface area contributed by atoms with Gasteiger partial charge in [0.1, 0.15) is 15.5 Å². The molecule has 0 bridgehead atoms. The molecule has 4 nitrogen and oxygen atoms in total. The number of nitrogens with two attached hydrogens (primary N) is 1. The lowest BCUT2D eigenvalue weighted by atomic mass is 9.96. The van der Waals surface area contributed by atoms with Gasteiger partial charge in [-0.3, -0.25) is 4.79 Å². The first-order valence-electron chi connectivity index (χ1n) is 9.35. The normalized spacial score (nSPS) is 14.4. The van der Waals surface area contributed by atoms with E-state index in [9.17, 15) is 9.18 Å². The Hall–Kier alpha value is -2.47. The molecular weight excluding hydrogens is 361 g/mol. The van der Waals surface area contributed by atoms with Crippen molar-refractivity contribution in [2.24, 2.45) is 0 Å². The first-order valence-corrected chi connectivity index (χ1v) is 10.2. The Balaban J connectivity index is 1.58. The summed E-state index contributed by atoms with van der Waals surface area (Å²) in [5.74, 6) is -0.507. The van der Waals surface area contributed by atoms with Crippen molar-refractivity contribution in [2.75, 3.05) is 5.73 Å². The number of nitrogen functional groups attached to an aromatic ring is 1. The number of thiophene rings is 1. The molecule has 2 heterocycles. The second-order valence-corrected chi connectivity index (χ2v) is 8.01. The average Bonchev–Trinajstić information content (AvgIpc) is 2.97. The van der Waals surface area contributed by atoms with Crippen LogP contribution in [-0.4, -0.2) is 10.9 Å². The summed E-state index contributed by atoms with van der Waals surface area (Å²) in [6.07, 6.45) is 6.87. The number of halogens is 1. The Morgan fingerprint density at radius 1 is 1.15 bits per heavy atom. The maximum atomic E-state index is 13.0. The summed E-state index contributed by atoms with van der Waals surface area (Å²) in [5.41, 5.74) is 10.1. The van der Waals surface area contributed by atoms with E-state index in [1.807, 2.05) is 0 Å². The zero-order valence-corrected chi connectivity index (χ0v) is 15.9. The van der Waals surface area contributed by atoms with Gasteiger partial charge in [-0.05, 0) is 55.0 Å². The second kappa shape index (κ2) is 7.64. The van der Waals surface area contributed by atoms with Crippen molar-refractivity contribution in [1.29, 1.82) is 0 Å². The summed E-state index contributed by atoms with van der Waals surface area (Å²) in [6.45, 7) is 0.330. The molecule has 0 saturated carbocycles. The van der Waals surface area contributed by atoms with E-state index in [1.165, 1.54) is 48.3 Å². The van der Waals surface area contributed by atoms with Crippen molar-refractivity contribution in [1.82, 2.24) is 10.3 Å². The SMILES string of the molecule is Nc1c(C(=O)NCc2ccc(F)cc2)sc2nc3c(cc12)CCCCCC3. The van der Waals surface area contributed by atoms with Crippen molar-refractivity contribution in [3.8, 4) is 0 Å². The van der Waals surface area contributed by atoms with Gasteiger partial charge in [0.05, 0.1) is 5.69 Å². The van der Waals surface area contributed by atoms with E-state index < -0.39 is 0 Å². The van der Waals surface area contributed by atoms with E-state index in [0.717, 1.165) is 40.7 Å². The Labute approximate surface area is 161 Å². The van der Waals surface area contributed by atoms with Crippen molar-refractivity contribution in [3.05, 3.63) is 57.8 Å². The molecule has 140 valence electrons. The number of nitrogens with one attached hydrogen (secondary N) is 1. The molecule has 0 aliphatic heterocycles. The molecule has 27 heavy (non-hydrogen) atoms. The first-order chi connectivity index (χ1) is 13.1. The predicted molar refractivity (Wildman–Crippen MR) is 107 cm³/mol. The number of aromatic nitrogens is 1. The van der Waals surface area contributed by atoms with Gasteiger partial charge < -0.3 is 11.1 Å². The summed E-state index contributed by atoms with van der Waals surface area (Å²) in [6, 6.07) is 8.21. The molecule has 0 atom stereocenters. The number of nitrogens with zero attached hydrogens (tertiary/aromatic N) is 1. The van der Waals surface area contributed by atoms with Gasteiger partial charge in [0, 0.05) is 17.6 Å². The zero-order chi connectivity index (χ0) is 18.8. The third-order valence-electron chi connectivity index (χ3n) is 5.07. The third-order valence-corrected chi connectivity index (χ3v) is 6.19. The van der Waals surface area contributed by atoms with Gasteiger partial charge in [0.25, 0.3) is 5.91 Å². The maximum Gasteiger partial charge on any atom is 0.263 e. The average molecular weight is 383 g/mol. The van der Waals surface area contributed by atoms with E-state index in [4.69, 9.17) is 10.7 Å². The summed E-state index contributed by atoms with van der Waals surface area (Å²) < 4.78 is 13.0. The summed E-state index contributed by atoms with van der Waals surface area (Å²) in [7, 11) is 0. The fraction of sp³-hybridized carbons (Fsp3) is 0.333. The molecule has 0 unspecified atom stereocenters. The van der Waals surface area contributed by atoms with Crippen LogP contribution in [0.15, 0.2) is 30.3 Å². The Morgan fingerprint density at radius 3 is 2.67 bits per heavy atom. The van der Waals surface area contributed by atoms with Gasteiger partial charge in [-0.15, -0.1) is 11.3 Å². The van der Waals surface area contributed by atoms with E-state index in [1.54, 1.807) is 12.1 Å². The lowest BCUT2D eigenvalue weighted by Gasteiger charge is -2.12. The minimum absolute atomic E-state index is 0.216. The van der Waals surface area contributed by atoms with Crippen LogP contribution in [0.4, 0.5) is 10.1 Å². The molecule has 1 aliphatic rings. The molecule has 0 saturated heterocycles. The maximum absolute atomic E-state index is 13.0. The largest absolute Gasteiger partial charge is 0.397 e. The molecule has 3 N–H and O–H groups in total. The van der Waals surface area contributed by atoms with Gasteiger partial charge >= 0.3 is 0 Å².